The van der Waals surface area contributed by atoms with Crippen LogP contribution in [0.15, 0.2) is 17.3 Å². The van der Waals surface area contributed by atoms with Gasteiger partial charge in [-0.25, -0.2) is 0 Å². The van der Waals surface area contributed by atoms with Gasteiger partial charge in [-0.2, -0.15) is 5.10 Å². The summed E-state index contributed by atoms with van der Waals surface area (Å²) in [5.41, 5.74) is 0. The molecule has 0 radical (unpaired) electrons. The number of aromatic nitrogens is 2. The van der Waals surface area contributed by atoms with Crippen LogP contribution >= 0.6 is 23.4 Å². The summed E-state index contributed by atoms with van der Waals surface area (Å²) in [6.45, 7) is 0. The summed E-state index contributed by atoms with van der Waals surface area (Å²) in [5, 5.41) is 4.11. The highest BCUT2D eigenvalue weighted by atomic mass is 35.5. The molecule has 0 aliphatic carbocycles. The van der Waals surface area contributed by atoms with Crippen LogP contribution in [0, 0.1) is 0 Å². The van der Waals surface area contributed by atoms with Gasteiger partial charge < -0.3 is 0 Å². The molecule has 0 bridgehead atoms. The van der Waals surface area contributed by atoms with Crippen molar-refractivity contribution in [3.05, 3.63) is 12.4 Å². The highest BCUT2D eigenvalue weighted by Crippen LogP contribution is 2.18. The average Bonchev–Trinajstić information content (AvgIpc) is 2.51. The van der Waals surface area contributed by atoms with Gasteiger partial charge in [0.2, 0.25) is 0 Å². The SMILES string of the molecule is Cn1cc(SCCCCCCl)cn1. The molecule has 0 aromatic carbocycles. The third-order valence-electron chi connectivity index (χ3n) is 1.73. The summed E-state index contributed by atoms with van der Waals surface area (Å²) >= 11 is 7.45. The molecule has 0 aliphatic rings. The topological polar surface area (TPSA) is 17.8 Å². The van der Waals surface area contributed by atoms with E-state index in [9.17, 15) is 0 Å². The van der Waals surface area contributed by atoms with Crippen molar-refractivity contribution in [1.82, 2.24) is 9.78 Å². The summed E-state index contributed by atoms with van der Waals surface area (Å²) in [7, 11) is 1.94. The minimum absolute atomic E-state index is 0.789. The first kappa shape index (κ1) is 10.9. The zero-order chi connectivity index (χ0) is 9.52. The zero-order valence-electron chi connectivity index (χ0n) is 7.87. The highest BCUT2D eigenvalue weighted by molar-refractivity contribution is 7.99. The lowest BCUT2D eigenvalue weighted by molar-refractivity contribution is 0.766. The monoisotopic (exact) mass is 218 g/mol. The molecule has 13 heavy (non-hydrogen) atoms. The molecule has 1 rings (SSSR count). The molecule has 0 spiro atoms. The van der Waals surface area contributed by atoms with Crippen molar-refractivity contribution < 1.29 is 0 Å². The molecule has 4 heteroatoms. The minimum atomic E-state index is 0.789. The highest BCUT2D eigenvalue weighted by Gasteiger charge is 1.96. The van der Waals surface area contributed by atoms with Gasteiger partial charge >= 0.3 is 0 Å². The second-order valence-electron chi connectivity index (χ2n) is 2.95. The predicted molar refractivity (Wildman–Crippen MR) is 58.5 cm³/mol. The van der Waals surface area contributed by atoms with Crippen LogP contribution in [-0.4, -0.2) is 21.4 Å². The van der Waals surface area contributed by atoms with Crippen LogP contribution in [0.5, 0.6) is 0 Å². The first-order valence-corrected chi connectivity index (χ1v) is 6.02. The van der Waals surface area contributed by atoms with Crippen molar-refractivity contribution in [1.29, 1.82) is 0 Å². The number of hydrogen-bond donors (Lipinski definition) is 0. The standard InChI is InChI=1S/C9H15ClN2S/c1-12-8-9(7-11-12)13-6-4-2-3-5-10/h7-8H,2-6H2,1H3. The molecule has 74 valence electrons. The largest absolute Gasteiger partial charge is 0.275 e. The molecule has 0 fully saturated rings. The van der Waals surface area contributed by atoms with E-state index < -0.39 is 0 Å². The maximum absolute atomic E-state index is 5.58. The lowest BCUT2D eigenvalue weighted by Gasteiger charge is -1.96. The third-order valence-corrected chi connectivity index (χ3v) is 3.03. The first-order valence-electron chi connectivity index (χ1n) is 4.50. The summed E-state index contributed by atoms with van der Waals surface area (Å²) in [4.78, 5) is 1.26. The summed E-state index contributed by atoms with van der Waals surface area (Å²) in [6.07, 6.45) is 7.57. The number of hydrogen-bond acceptors (Lipinski definition) is 2. The van der Waals surface area contributed by atoms with Crippen LogP contribution in [0.2, 0.25) is 0 Å². The van der Waals surface area contributed by atoms with Crippen molar-refractivity contribution in [2.24, 2.45) is 7.05 Å². The van der Waals surface area contributed by atoms with E-state index in [0.29, 0.717) is 0 Å². The van der Waals surface area contributed by atoms with Crippen molar-refractivity contribution in [3.8, 4) is 0 Å². The molecule has 0 unspecified atom stereocenters. The van der Waals surface area contributed by atoms with Crippen LogP contribution < -0.4 is 0 Å². The Hall–Kier alpha value is -0.150. The molecule has 1 aromatic heterocycles. The van der Waals surface area contributed by atoms with Gasteiger partial charge in [0.15, 0.2) is 0 Å². The van der Waals surface area contributed by atoms with E-state index in [2.05, 4.69) is 5.10 Å². The van der Waals surface area contributed by atoms with Crippen LogP contribution in [0.4, 0.5) is 0 Å². The fraction of sp³-hybridized carbons (Fsp3) is 0.667. The molecule has 0 saturated carbocycles. The molecular formula is C9H15ClN2S. The molecule has 0 saturated heterocycles. The van der Waals surface area contributed by atoms with Crippen LogP contribution in [0.3, 0.4) is 0 Å². The first-order chi connectivity index (χ1) is 6.33. The third kappa shape index (κ3) is 4.58. The van der Waals surface area contributed by atoms with E-state index in [1.54, 1.807) is 0 Å². The molecule has 1 aromatic rings. The molecule has 2 nitrogen and oxygen atoms in total. The Morgan fingerprint density at radius 2 is 2.31 bits per heavy atom. The number of thioether (sulfide) groups is 1. The quantitative estimate of drug-likeness (QED) is 0.415. The van der Waals surface area contributed by atoms with E-state index in [4.69, 9.17) is 11.6 Å². The average molecular weight is 219 g/mol. The lowest BCUT2D eigenvalue weighted by atomic mass is 10.3. The van der Waals surface area contributed by atoms with Crippen LogP contribution in [0.25, 0.3) is 0 Å². The van der Waals surface area contributed by atoms with E-state index >= 15 is 0 Å². The second-order valence-corrected chi connectivity index (χ2v) is 4.49. The van der Waals surface area contributed by atoms with E-state index in [0.717, 1.165) is 12.3 Å². The Kier molecular flexibility index (Phi) is 5.32. The van der Waals surface area contributed by atoms with Gasteiger partial charge in [0.05, 0.1) is 6.20 Å². The van der Waals surface area contributed by atoms with Gasteiger partial charge in [0, 0.05) is 24.0 Å². The number of nitrogens with zero attached hydrogens (tertiary/aromatic N) is 2. The van der Waals surface area contributed by atoms with E-state index in [1.807, 2.05) is 35.9 Å². The van der Waals surface area contributed by atoms with E-state index in [-0.39, 0.29) is 0 Å². The smallest absolute Gasteiger partial charge is 0.0625 e. The fourth-order valence-electron chi connectivity index (χ4n) is 1.04. The molecule has 0 amide bonds. The zero-order valence-corrected chi connectivity index (χ0v) is 9.44. The van der Waals surface area contributed by atoms with Crippen molar-refractivity contribution in [2.45, 2.75) is 24.2 Å². The van der Waals surface area contributed by atoms with Crippen molar-refractivity contribution in [2.75, 3.05) is 11.6 Å². The van der Waals surface area contributed by atoms with Crippen LogP contribution in [-0.2, 0) is 7.05 Å². The summed E-state index contributed by atoms with van der Waals surface area (Å²) in [6, 6.07) is 0. The lowest BCUT2D eigenvalue weighted by Crippen LogP contribution is -1.84. The molecule has 0 aliphatic heterocycles. The Bertz CT molecular complexity index is 237. The van der Waals surface area contributed by atoms with Crippen LogP contribution in [0.1, 0.15) is 19.3 Å². The Labute approximate surface area is 88.7 Å². The van der Waals surface area contributed by atoms with Gasteiger partial charge in [0.25, 0.3) is 0 Å². The number of unbranched alkanes of at least 4 members (excludes halogenated alkanes) is 2. The van der Waals surface area contributed by atoms with Crippen molar-refractivity contribution >= 4 is 23.4 Å². The minimum Gasteiger partial charge on any atom is -0.275 e. The molecule has 0 N–H and O–H groups in total. The molecular weight excluding hydrogens is 204 g/mol. The summed E-state index contributed by atoms with van der Waals surface area (Å²) in [5.74, 6) is 1.96. The van der Waals surface area contributed by atoms with Gasteiger partial charge in [-0.15, -0.1) is 23.4 Å². The maximum atomic E-state index is 5.58. The number of rotatable bonds is 6. The van der Waals surface area contributed by atoms with Gasteiger partial charge in [0.1, 0.15) is 0 Å². The fourth-order valence-corrected chi connectivity index (χ4v) is 2.16. The van der Waals surface area contributed by atoms with Gasteiger partial charge in [-0.1, -0.05) is 6.42 Å². The Morgan fingerprint density at radius 3 is 2.92 bits per heavy atom. The summed E-state index contributed by atoms with van der Waals surface area (Å²) < 4.78 is 1.83. The molecule has 0 atom stereocenters. The van der Waals surface area contributed by atoms with Crippen molar-refractivity contribution in [3.63, 3.8) is 0 Å². The Morgan fingerprint density at radius 1 is 1.46 bits per heavy atom. The Balaban J connectivity index is 2.06. The predicted octanol–water partition coefficient (Wildman–Crippen LogP) is 2.92. The molecule has 1 heterocycles. The van der Waals surface area contributed by atoms with Gasteiger partial charge in [-0.3, -0.25) is 4.68 Å². The second kappa shape index (κ2) is 6.33. The maximum Gasteiger partial charge on any atom is 0.0625 e. The number of aryl methyl sites for hydroxylation is 1. The van der Waals surface area contributed by atoms with Gasteiger partial charge in [-0.05, 0) is 18.6 Å². The number of halogens is 1. The van der Waals surface area contributed by atoms with E-state index in [1.165, 1.54) is 23.5 Å². The normalized spacial score (nSPS) is 10.6. The number of alkyl halides is 1.